The van der Waals surface area contributed by atoms with E-state index in [-0.39, 0.29) is 0 Å². The van der Waals surface area contributed by atoms with Gasteiger partial charge in [0, 0.05) is 22.7 Å². The van der Waals surface area contributed by atoms with Crippen LogP contribution in [0.5, 0.6) is 0 Å². The lowest BCUT2D eigenvalue weighted by atomic mass is 10.1. The van der Waals surface area contributed by atoms with Crippen molar-refractivity contribution < 1.29 is 0 Å². The van der Waals surface area contributed by atoms with E-state index in [0.29, 0.717) is 4.99 Å². The van der Waals surface area contributed by atoms with Crippen molar-refractivity contribution in [1.29, 1.82) is 0 Å². The molecular formula is C13H13ClN2S2. The van der Waals surface area contributed by atoms with E-state index in [1.165, 1.54) is 10.4 Å². The SMILES string of the molecule is Cc1ccc(C(N)=S)c(NCc2ccc(Cl)s2)c1. The Balaban J connectivity index is 2.17. The van der Waals surface area contributed by atoms with Crippen molar-refractivity contribution in [2.24, 2.45) is 5.73 Å². The fraction of sp³-hybridized carbons (Fsp3) is 0.154. The lowest BCUT2D eigenvalue weighted by molar-refractivity contribution is 1.19. The summed E-state index contributed by atoms with van der Waals surface area (Å²) >= 11 is 12.5. The molecule has 0 bridgehead atoms. The van der Waals surface area contributed by atoms with Crippen LogP contribution in [-0.4, -0.2) is 4.99 Å². The van der Waals surface area contributed by atoms with Crippen LogP contribution in [-0.2, 0) is 6.54 Å². The number of hydrogen-bond acceptors (Lipinski definition) is 3. The molecule has 2 nitrogen and oxygen atoms in total. The van der Waals surface area contributed by atoms with E-state index in [9.17, 15) is 0 Å². The number of thiophene rings is 1. The van der Waals surface area contributed by atoms with Crippen molar-refractivity contribution in [3.8, 4) is 0 Å². The molecule has 18 heavy (non-hydrogen) atoms. The third-order valence-electron chi connectivity index (χ3n) is 2.52. The van der Waals surface area contributed by atoms with Crippen LogP contribution in [0.1, 0.15) is 16.0 Å². The van der Waals surface area contributed by atoms with Crippen LogP contribution in [0, 0.1) is 6.92 Å². The zero-order valence-electron chi connectivity index (χ0n) is 9.87. The fourth-order valence-electron chi connectivity index (χ4n) is 1.65. The second-order valence-corrected chi connectivity index (χ2v) is 6.21. The summed E-state index contributed by atoms with van der Waals surface area (Å²) in [5.41, 5.74) is 8.72. The molecule has 0 unspecified atom stereocenters. The second kappa shape index (κ2) is 5.69. The monoisotopic (exact) mass is 296 g/mol. The Kier molecular flexibility index (Phi) is 4.22. The van der Waals surface area contributed by atoms with Gasteiger partial charge >= 0.3 is 0 Å². The fourth-order valence-corrected chi connectivity index (χ4v) is 2.85. The Bertz CT molecular complexity index is 578. The molecule has 2 aromatic rings. The van der Waals surface area contributed by atoms with E-state index in [1.807, 2.05) is 37.3 Å². The maximum atomic E-state index is 5.90. The summed E-state index contributed by atoms with van der Waals surface area (Å²) in [6, 6.07) is 9.90. The quantitative estimate of drug-likeness (QED) is 0.839. The molecule has 1 heterocycles. The van der Waals surface area contributed by atoms with E-state index in [0.717, 1.165) is 22.1 Å². The van der Waals surface area contributed by atoms with Gasteiger partial charge in [-0.2, -0.15) is 0 Å². The lowest BCUT2D eigenvalue weighted by Crippen LogP contribution is -2.13. The van der Waals surface area contributed by atoms with E-state index in [4.69, 9.17) is 29.6 Å². The van der Waals surface area contributed by atoms with Crippen LogP contribution in [0.15, 0.2) is 30.3 Å². The van der Waals surface area contributed by atoms with Gasteiger partial charge in [-0.1, -0.05) is 29.9 Å². The molecule has 5 heteroatoms. The third-order valence-corrected chi connectivity index (χ3v) is 3.97. The Morgan fingerprint density at radius 1 is 1.39 bits per heavy atom. The van der Waals surface area contributed by atoms with E-state index < -0.39 is 0 Å². The molecule has 0 atom stereocenters. The zero-order chi connectivity index (χ0) is 13.1. The first-order valence-corrected chi connectivity index (χ1v) is 7.05. The highest BCUT2D eigenvalue weighted by Gasteiger charge is 2.06. The molecule has 0 amide bonds. The molecule has 0 radical (unpaired) electrons. The highest BCUT2D eigenvalue weighted by atomic mass is 35.5. The van der Waals surface area contributed by atoms with Crippen LogP contribution in [0.2, 0.25) is 4.34 Å². The van der Waals surface area contributed by atoms with Crippen molar-refractivity contribution in [2.45, 2.75) is 13.5 Å². The average Bonchev–Trinajstić information content (AvgIpc) is 2.72. The number of nitrogens with two attached hydrogens (primary N) is 1. The molecule has 1 aromatic heterocycles. The lowest BCUT2D eigenvalue weighted by Gasteiger charge is -2.11. The van der Waals surface area contributed by atoms with Crippen molar-refractivity contribution in [3.63, 3.8) is 0 Å². The van der Waals surface area contributed by atoms with Gasteiger partial charge in [-0.05, 0) is 36.8 Å². The van der Waals surface area contributed by atoms with Gasteiger partial charge in [0.25, 0.3) is 0 Å². The summed E-state index contributed by atoms with van der Waals surface area (Å²) < 4.78 is 0.797. The first-order valence-electron chi connectivity index (χ1n) is 5.45. The topological polar surface area (TPSA) is 38.0 Å². The largest absolute Gasteiger partial charge is 0.389 e. The smallest absolute Gasteiger partial charge is 0.106 e. The average molecular weight is 297 g/mol. The Morgan fingerprint density at radius 2 is 2.17 bits per heavy atom. The van der Waals surface area contributed by atoms with Crippen molar-refractivity contribution in [3.05, 3.63) is 50.7 Å². The van der Waals surface area contributed by atoms with Crippen molar-refractivity contribution in [2.75, 3.05) is 5.32 Å². The predicted octanol–water partition coefficient (Wildman–Crippen LogP) is 3.96. The first-order chi connectivity index (χ1) is 8.56. The number of anilines is 1. The molecule has 0 saturated carbocycles. The first kappa shape index (κ1) is 13.3. The van der Waals surface area contributed by atoms with E-state index in [1.54, 1.807) is 11.3 Å². The van der Waals surface area contributed by atoms with Gasteiger partial charge in [-0.3, -0.25) is 0 Å². The maximum Gasteiger partial charge on any atom is 0.106 e. The minimum Gasteiger partial charge on any atom is -0.389 e. The minimum absolute atomic E-state index is 0.404. The Morgan fingerprint density at radius 3 is 2.78 bits per heavy atom. The Hall–Kier alpha value is -1.10. The zero-order valence-corrected chi connectivity index (χ0v) is 12.3. The predicted molar refractivity (Wildman–Crippen MR) is 83.7 cm³/mol. The van der Waals surface area contributed by atoms with Crippen molar-refractivity contribution in [1.82, 2.24) is 0 Å². The molecule has 0 fully saturated rings. The number of thiocarbonyl (C=S) groups is 1. The number of rotatable bonds is 4. The molecule has 1 aromatic carbocycles. The van der Waals surface area contributed by atoms with Gasteiger partial charge in [-0.25, -0.2) is 0 Å². The standard InChI is InChI=1S/C13H13ClN2S2/c1-8-2-4-10(13(15)17)11(6-8)16-7-9-3-5-12(14)18-9/h2-6,16H,7H2,1H3,(H2,15,17). The highest BCUT2D eigenvalue weighted by molar-refractivity contribution is 7.80. The summed E-state index contributed by atoms with van der Waals surface area (Å²) in [5, 5.41) is 3.35. The number of halogens is 1. The minimum atomic E-state index is 0.404. The van der Waals surface area contributed by atoms with Crippen LogP contribution in [0.3, 0.4) is 0 Å². The van der Waals surface area contributed by atoms with Gasteiger partial charge in [0.1, 0.15) is 4.99 Å². The molecule has 94 valence electrons. The summed E-state index contributed by atoms with van der Waals surface area (Å²) in [5.74, 6) is 0. The molecule has 0 aliphatic heterocycles. The third kappa shape index (κ3) is 3.22. The van der Waals surface area contributed by atoms with Crippen LogP contribution < -0.4 is 11.1 Å². The van der Waals surface area contributed by atoms with Gasteiger partial charge in [0.2, 0.25) is 0 Å². The Labute approximate surface area is 121 Å². The summed E-state index contributed by atoms with van der Waals surface area (Å²) in [7, 11) is 0. The number of benzene rings is 1. The summed E-state index contributed by atoms with van der Waals surface area (Å²) in [6.07, 6.45) is 0. The number of aryl methyl sites for hydroxylation is 1. The molecular weight excluding hydrogens is 284 g/mol. The van der Waals surface area contributed by atoms with E-state index in [2.05, 4.69) is 5.32 Å². The maximum absolute atomic E-state index is 5.90. The normalized spacial score (nSPS) is 10.3. The number of nitrogens with one attached hydrogen (secondary N) is 1. The van der Waals surface area contributed by atoms with E-state index >= 15 is 0 Å². The molecule has 0 aliphatic carbocycles. The molecule has 0 saturated heterocycles. The van der Waals surface area contributed by atoms with Crippen LogP contribution in [0.4, 0.5) is 5.69 Å². The molecule has 0 spiro atoms. The number of hydrogen-bond donors (Lipinski definition) is 2. The molecule has 3 N–H and O–H groups in total. The summed E-state index contributed by atoms with van der Waals surface area (Å²) in [4.78, 5) is 1.58. The molecule has 2 rings (SSSR count). The molecule has 0 aliphatic rings. The summed E-state index contributed by atoms with van der Waals surface area (Å²) in [6.45, 7) is 2.76. The highest BCUT2D eigenvalue weighted by Crippen LogP contribution is 2.24. The second-order valence-electron chi connectivity index (χ2n) is 3.97. The van der Waals surface area contributed by atoms with Gasteiger partial charge in [0.15, 0.2) is 0 Å². The van der Waals surface area contributed by atoms with Gasteiger partial charge in [0.05, 0.1) is 4.34 Å². The van der Waals surface area contributed by atoms with Gasteiger partial charge in [-0.15, -0.1) is 11.3 Å². The van der Waals surface area contributed by atoms with Crippen molar-refractivity contribution >= 4 is 45.8 Å². The van der Waals surface area contributed by atoms with Crippen LogP contribution in [0.25, 0.3) is 0 Å². The van der Waals surface area contributed by atoms with Crippen LogP contribution >= 0.6 is 35.2 Å². The van der Waals surface area contributed by atoms with Gasteiger partial charge < -0.3 is 11.1 Å².